The van der Waals surface area contributed by atoms with Gasteiger partial charge in [-0.25, -0.2) is 0 Å². The van der Waals surface area contributed by atoms with Gasteiger partial charge in [-0.05, 0) is 32.9 Å². The van der Waals surface area contributed by atoms with Gasteiger partial charge in [-0.15, -0.1) is 0 Å². The van der Waals surface area contributed by atoms with E-state index < -0.39 is 0 Å². The molecule has 1 aliphatic rings. The summed E-state index contributed by atoms with van der Waals surface area (Å²) in [5, 5.41) is 7.00. The van der Waals surface area contributed by atoms with E-state index in [4.69, 9.17) is 5.11 Å². The van der Waals surface area contributed by atoms with Gasteiger partial charge in [0.2, 0.25) is 0 Å². The highest BCUT2D eigenvalue weighted by Gasteiger charge is 2.20. The van der Waals surface area contributed by atoms with E-state index in [1.165, 1.54) is 32.2 Å². The molecule has 0 unspecified atom stereocenters. The van der Waals surface area contributed by atoms with Gasteiger partial charge < -0.3 is 10.0 Å². The van der Waals surface area contributed by atoms with E-state index in [1.807, 2.05) is 27.7 Å². The second kappa shape index (κ2) is 19.5. The Morgan fingerprint density at radius 1 is 1.07 bits per heavy atom. The van der Waals surface area contributed by atoms with Crippen molar-refractivity contribution >= 4 is 0 Å². The van der Waals surface area contributed by atoms with Gasteiger partial charge in [0, 0.05) is 13.2 Å². The lowest BCUT2D eigenvalue weighted by atomic mass is 9.92. The summed E-state index contributed by atoms with van der Waals surface area (Å²) in [4.78, 5) is 2.49. The molecule has 0 aromatic rings. The van der Waals surface area contributed by atoms with Gasteiger partial charge in [0.15, 0.2) is 0 Å². The van der Waals surface area contributed by atoms with E-state index in [0.29, 0.717) is 0 Å². The smallest absolute Gasteiger partial charge is 0.0319 e. The Labute approximate surface area is 97.7 Å². The number of hydrogen-bond donors (Lipinski definition) is 1. The second-order valence-electron chi connectivity index (χ2n) is 3.07. The van der Waals surface area contributed by atoms with Crippen molar-refractivity contribution in [2.75, 3.05) is 20.7 Å². The third-order valence-corrected chi connectivity index (χ3v) is 2.27. The van der Waals surface area contributed by atoms with Crippen LogP contribution in [0.25, 0.3) is 0 Å². The first-order chi connectivity index (χ1) is 7.34. The van der Waals surface area contributed by atoms with Crippen LogP contribution in [0.5, 0.6) is 0 Å². The lowest BCUT2D eigenvalue weighted by Crippen LogP contribution is -2.37. The molecular weight excluding hydrogens is 186 g/mol. The maximum atomic E-state index is 7.00. The number of aliphatic hydroxyl groups is 1. The fourth-order valence-corrected chi connectivity index (χ4v) is 1.36. The van der Waals surface area contributed by atoms with Gasteiger partial charge in [0.1, 0.15) is 0 Å². The van der Waals surface area contributed by atoms with Crippen LogP contribution in [0.15, 0.2) is 0 Å². The average Bonchev–Trinajstić information content (AvgIpc) is 2.24. The molecule has 0 atom stereocenters. The number of nitrogens with zero attached hydrogens (tertiary/aromatic N) is 1. The van der Waals surface area contributed by atoms with Crippen LogP contribution in [0.4, 0.5) is 0 Å². The molecule has 0 aromatic heterocycles. The molecule has 1 fully saturated rings. The maximum Gasteiger partial charge on any atom is 0.0319 e. The summed E-state index contributed by atoms with van der Waals surface area (Å²) in [6.07, 6.45) is 5.64. The summed E-state index contributed by atoms with van der Waals surface area (Å²) < 4.78 is 0. The van der Waals surface area contributed by atoms with Gasteiger partial charge in [0.05, 0.1) is 0 Å². The van der Waals surface area contributed by atoms with Crippen molar-refractivity contribution in [3.63, 3.8) is 0 Å². The largest absolute Gasteiger partial charge is 0.400 e. The van der Waals surface area contributed by atoms with Crippen molar-refractivity contribution in [2.24, 2.45) is 0 Å². The minimum Gasteiger partial charge on any atom is -0.400 e. The number of aliphatic hydroxyl groups excluding tert-OH is 1. The highest BCUT2D eigenvalue weighted by molar-refractivity contribution is 4.77. The molecule has 1 rings (SSSR count). The standard InChI is InChI=1S/C8H17N.2C2H6.CH4O/c1-3-7-9(2)8-5-4-6-8;3*1-2/h8H,3-7H2,1-2H3;2*1-2H3;2H,1H3. The third-order valence-electron chi connectivity index (χ3n) is 2.27. The number of rotatable bonds is 3. The Morgan fingerprint density at radius 3 is 1.67 bits per heavy atom. The molecule has 15 heavy (non-hydrogen) atoms. The van der Waals surface area contributed by atoms with Crippen LogP contribution >= 0.6 is 0 Å². The van der Waals surface area contributed by atoms with Crippen LogP contribution < -0.4 is 0 Å². The Kier molecular flexibility index (Phi) is 26.4. The van der Waals surface area contributed by atoms with Crippen LogP contribution in [0.1, 0.15) is 60.3 Å². The summed E-state index contributed by atoms with van der Waals surface area (Å²) in [7, 11) is 3.24. The van der Waals surface area contributed by atoms with Gasteiger partial charge >= 0.3 is 0 Å². The molecule has 0 aliphatic heterocycles. The van der Waals surface area contributed by atoms with Crippen molar-refractivity contribution < 1.29 is 5.11 Å². The summed E-state index contributed by atoms with van der Waals surface area (Å²) in [6, 6.07) is 0.935. The van der Waals surface area contributed by atoms with E-state index in [0.717, 1.165) is 13.2 Å². The monoisotopic (exact) mass is 219 g/mol. The minimum absolute atomic E-state index is 0.935. The molecule has 0 saturated heterocycles. The quantitative estimate of drug-likeness (QED) is 0.785. The van der Waals surface area contributed by atoms with E-state index in [2.05, 4.69) is 18.9 Å². The van der Waals surface area contributed by atoms with E-state index in [-0.39, 0.29) is 0 Å². The molecule has 1 N–H and O–H groups in total. The van der Waals surface area contributed by atoms with Gasteiger partial charge in [0.25, 0.3) is 0 Å². The lowest BCUT2D eigenvalue weighted by Gasteiger charge is -2.34. The van der Waals surface area contributed by atoms with E-state index >= 15 is 0 Å². The van der Waals surface area contributed by atoms with E-state index in [1.54, 1.807) is 0 Å². The third kappa shape index (κ3) is 11.8. The highest BCUT2D eigenvalue weighted by Crippen LogP contribution is 2.23. The zero-order valence-electron chi connectivity index (χ0n) is 12.0. The summed E-state index contributed by atoms with van der Waals surface area (Å²) in [6.45, 7) is 11.5. The van der Waals surface area contributed by atoms with Crippen molar-refractivity contribution in [2.45, 2.75) is 66.3 Å². The van der Waals surface area contributed by atoms with Crippen LogP contribution in [0.2, 0.25) is 0 Å². The Bertz CT molecular complexity index is 82.6. The molecule has 0 amide bonds. The molecule has 2 heteroatoms. The zero-order valence-corrected chi connectivity index (χ0v) is 12.0. The fraction of sp³-hybridized carbons (Fsp3) is 1.00. The van der Waals surface area contributed by atoms with Gasteiger partial charge in [-0.1, -0.05) is 41.0 Å². The molecule has 2 nitrogen and oxygen atoms in total. The van der Waals surface area contributed by atoms with Crippen LogP contribution in [-0.4, -0.2) is 36.8 Å². The summed E-state index contributed by atoms with van der Waals surface area (Å²) >= 11 is 0. The van der Waals surface area contributed by atoms with Crippen molar-refractivity contribution in [1.82, 2.24) is 4.90 Å². The molecule has 96 valence electrons. The SMILES string of the molecule is CC.CC.CCCN(C)C1CCC1.CO. The second-order valence-corrected chi connectivity index (χ2v) is 3.07. The molecule has 1 saturated carbocycles. The normalized spacial score (nSPS) is 13.4. The number of hydrogen-bond acceptors (Lipinski definition) is 2. The predicted octanol–water partition coefficient (Wildman–Crippen LogP) is 3.54. The van der Waals surface area contributed by atoms with Crippen molar-refractivity contribution in [3.05, 3.63) is 0 Å². The van der Waals surface area contributed by atoms with E-state index in [9.17, 15) is 0 Å². The molecule has 0 radical (unpaired) electrons. The van der Waals surface area contributed by atoms with Crippen LogP contribution in [0.3, 0.4) is 0 Å². The first-order valence-corrected chi connectivity index (χ1v) is 6.49. The Balaban J connectivity index is -0.000000208. The van der Waals surface area contributed by atoms with Gasteiger partial charge in [-0.3, -0.25) is 0 Å². The van der Waals surface area contributed by atoms with Crippen molar-refractivity contribution in [3.8, 4) is 0 Å². The topological polar surface area (TPSA) is 23.5 Å². The van der Waals surface area contributed by atoms with Crippen LogP contribution in [-0.2, 0) is 0 Å². The Morgan fingerprint density at radius 2 is 1.47 bits per heavy atom. The fourth-order valence-electron chi connectivity index (χ4n) is 1.36. The van der Waals surface area contributed by atoms with Gasteiger partial charge in [-0.2, -0.15) is 0 Å². The first-order valence-electron chi connectivity index (χ1n) is 6.49. The molecule has 0 bridgehead atoms. The summed E-state index contributed by atoms with van der Waals surface area (Å²) in [5.41, 5.74) is 0. The average molecular weight is 219 g/mol. The Hall–Kier alpha value is -0.0800. The predicted molar refractivity (Wildman–Crippen MR) is 71.4 cm³/mol. The molecule has 0 aromatic carbocycles. The van der Waals surface area contributed by atoms with Crippen molar-refractivity contribution in [1.29, 1.82) is 0 Å². The maximum absolute atomic E-state index is 7.00. The van der Waals surface area contributed by atoms with Crippen LogP contribution in [0, 0.1) is 0 Å². The summed E-state index contributed by atoms with van der Waals surface area (Å²) in [5.74, 6) is 0. The first kappa shape index (κ1) is 20.3. The molecular formula is C13H33NO. The zero-order chi connectivity index (χ0) is 12.7. The molecule has 1 aliphatic carbocycles. The molecule has 0 heterocycles. The lowest BCUT2D eigenvalue weighted by molar-refractivity contribution is 0.160. The highest BCUT2D eigenvalue weighted by atomic mass is 16.2. The molecule has 0 spiro atoms. The minimum atomic E-state index is 0.935.